The molecule has 0 saturated heterocycles. The van der Waals surface area contributed by atoms with Gasteiger partial charge in [-0.15, -0.1) is 0 Å². The van der Waals surface area contributed by atoms with Crippen LogP contribution in [0.2, 0.25) is 0 Å². The molecule has 1 aromatic heterocycles. The summed E-state index contributed by atoms with van der Waals surface area (Å²) in [5, 5.41) is 3.10. The minimum absolute atomic E-state index is 0.437. The minimum atomic E-state index is -0.473. The summed E-state index contributed by atoms with van der Waals surface area (Å²) in [5.74, 6) is -0.0309. The average Bonchev–Trinajstić information content (AvgIpc) is 2.55. The second-order valence-electron chi connectivity index (χ2n) is 4.96. The van der Waals surface area contributed by atoms with Gasteiger partial charge in [-0.25, -0.2) is 9.97 Å². The molecule has 2 aromatic carbocycles. The lowest BCUT2D eigenvalue weighted by molar-refractivity contribution is 0.100. The van der Waals surface area contributed by atoms with Gasteiger partial charge < -0.3 is 16.8 Å². The number of nitrogens with one attached hydrogen (secondary N) is 1. The van der Waals surface area contributed by atoms with Gasteiger partial charge in [0.1, 0.15) is 0 Å². The molecule has 0 saturated carbocycles. The number of amides is 1. The van der Waals surface area contributed by atoms with Crippen LogP contribution in [0.15, 0.2) is 60.8 Å². The van der Waals surface area contributed by atoms with Crippen molar-refractivity contribution in [1.82, 2.24) is 9.97 Å². The van der Waals surface area contributed by atoms with Crippen LogP contribution in [-0.2, 0) is 0 Å². The topological polar surface area (TPSA) is 107 Å². The molecule has 3 aromatic rings. The van der Waals surface area contributed by atoms with Gasteiger partial charge in [0.15, 0.2) is 0 Å². The van der Waals surface area contributed by atoms with Crippen LogP contribution in [0.1, 0.15) is 10.4 Å². The monoisotopic (exact) mass is 305 g/mol. The Balaban J connectivity index is 1.91. The zero-order chi connectivity index (χ0) is 16.2. The van der Waals surface area contributed by atoms with Crippen LogP contribution in [0.3, 0.4) is 0 Å². The lowest BCUT2D eigenvalue weighted by Gasteiger charge is -2.07. The molecule has 5 N–H and O–H groups in total. The van der Waals surface area contributed by atoms with Crippen LogP contribution in [-0.4, -0.2) is 15.9 Å². The number of nitrogen functional groups attached to an aromatic ring is 1. The number of carbonyl (C=O) groups excluding carboxylic acids is 1. The van der Waals surface area contributed by atoms with Crippen LogP contribution < -0.4 is 16.8 Å². The Morgan fingerprint density at radius 1 is 1.04 bits per heavy atom. The molecular weight excluding hydrogens is 290 g/mol. The van der Waals surface area contributed by atoms with Crippen molar-refractivity contribution >= 4 is 23.2 Å². The molecule has 0 atom stereocenters. The summed E-state index contributed by atoms with van der Waals surface area (Å²) in [5.41, 5.74) is 14.4. The van der Waals surface area contributed by atoms with Crippen molar-refractivity contribution in [3.05, 3.63) is 66.4 Å². The molecule has 1 amide bonds. The Morgan fingerprint density at radius 3 is 2.65 bits per heavy atom. The number of primary amides is 1. The number of anilines is 3. The molecule has 114 valence electrons. The molecule has 23 heavy (non-hydrogen) atoms. The highest BCUT2D eigenvalue weighted by atomic mass is 16.1. The van der Waals surface area contributed by atoms with Crippen molar-refractivity contribution in [2.45, 2.75) is 0 Å². The van der Waals surface area contributed by atoms with E-state index in [1.807, 2.05) is 18.2 Å². The fourth-order valence-electron chi connectivity index (χ4n) is 2.16. The molecule has 0 bridgehead atoms. The predicted molar refractivity (Wildman–Crippen MR) is 90.1 cm³/mol. The highest BCUT2D eigenvalue weighted by Crippen LogP contribution is 2.21. The van der Waals surface area contributed by atoms with E-state index in [-0.39, 0.29) is 0 Å². The Kier molecular flexibility index (Phi) is 3.88. The first-order valence-electron chi connectivity index (χ1n) is 6.98. The van der Waals surface area contributed by atoms with E-state index in [9.17, 15) is 4.79 Å². The lowest BCUT2D eigenvalue weighted by atomic mass is 10.1. The Morgan fingerprint density at radius 2 is 1.87 bits per heavy atom. The molecule has 6 heteroatoms. The molecule has 0 unspecified atom stereocenters. The first-order chi connectivity index (χ1) is 11.1. The fraction of sp³-hybridized carbons (Fsp3) is 0. The fourth-order valence-corrected chi connectivity index (χ4v) is 2.16. The SMILES string of the molecule is NC(=O)c1cccc(-c2ccnc(Nc3cccc(N)c3)n2)c1. The van der Waals surface area contributed by atoms with E-state index in [1.165, 1.54) is 0 Å². The highest BCUT2D eigenvalue weighted by molar-refractivity contribution is 5.94. The van der Waals surface area contributed by atoms with Crippen molar-refractivity contribution < 1.29 is 4.79 Å². The Labute approximate surface area is 133 Å². The van der Waals surface area contributed by atoms with Crippen LogP contribution >= 0.6 is 0 Å². The molecule has 6 nitrogen and oxygen atoms in total. The molecule has 0 aliphatic heterocycles. The third-order valence-corrected chi connectivity index (χ3v) is 3.24. The van der Waals surface area contributed by atoms with Crippen LogP contribution in [0.4, 0.5) is 17.3 Å². The van der Waals surface area contributed by atoms with Crippen molar-refractivity contribution in [2.24, 2.45) is 5.73 Å². The Bertz CT molecular complexity index is 863. The molecular formula is C17H15N5O. The lowest BCUT2D eigenvalue weighted by Crippen LogP contribution is -2.10. The van der Waals surface area contributed by atoms with E-state index in [4.69, 9.17) is 11.5 Å². The van der Waals surface area contributed by atoms with Gasteiger partial charge in [-0.05, 0) is 36.4 Å². The summed E-state index contributed by atoms with van der Waals surface area (Å²) in [4.78, 5) is 19.9. The molecule has 0 aliphatic carbocycles. The summed E-state index contributed by atoms with van der Waals surface area (Å²) >= 11 is 0. The maximum absolute atomic E-state index is 11.3. The van der Waals surface area contributed by atoms with E-state index < -0.39 is 5.91 Å². The molecule has 3 rings (SSSR count). The number of rotatable bonds is 4. The number of hydrogen-bond donors (Lipinski definition) is 3. The van der Waals surface area contributed by atoms with E-state index in [2.05, 4.69) is 15.3 Å². The molecule has 0 aliphatic rings. The number of nitrogens with two attached hydrogens (primary N) is 2. The number of benzene rings is 2. The van der Waals surface area contributed by atoms with E-state index in [0.29, 0.717) is 22.9 Å². The summed E-state index contributed by atoms with van der Waals surface area (Å²) < 4.78 is 0. The normalized spacial score (nSPS) is 10.3. The van der Waals surface area contributed by atoms with Crippen LogP contribution in [0.25, 0.3) is 11.3 Å². The number of nitrogens with zero attached hydrogens (tertiary/aromatic N) is 2. The third kappa shape index (κ3) is 3.44. The largest absolute Gasteiger partial charge is 0.399 e. The second-order valence-corrected chi connectivity index (χ2v) is 4.96. The Hall–Kier alpha value is -3.41. The standard InChI is InChI=1S/C17H15N5O/c18-13-5-2-6-14(10-13)21-17-20-8-7-15(22-17)11-3-1-4-12(9-11)16(19)23/h1-10H,18H2,(H2,19,23)(H,20,21,22). The number of hydrogen-bond acceptors (Lipinski definition) is 5. The first kappa shape index (κ1) is 14.5. The molecule has 1 heterocycles. The quantitative estimate of drug-likeness (QED) is 0.642. The predicted octanol–water partition coefficient (Wildman–Crippen LogP) is 2.57. The third-order valence-electron chi connectivity index (χ3n) is 3.24. The summed E-state index contributed by atoms with van der Waals surface area (Å²) in [6.45, 7) is 0. The van der Waals surface area contributed by atoms with E-state index in [1.54, 1.807) is 42.6 Å². The van der Waals surface area contributed by atoms with Crippen LogP contribution in [0.5, 0.6) is 0 Å². The van der Waals surface area contributed by atoms with E-state index >= 15 is 0 Å². The summed E-state index contributed by atoms with van der Waals surface area (Å²) in [6.07, 6.45) is 1.65. The van der Waals surface area contributed by atoms with Crippen molar-refractivity contribution in [1.29, 1.82) is 0 Å². The smallest absolute Gasteiger partial charge is 0.248 e. The van der Waals surface area contributed by atoms with Gasteiger partial charge in [0, 0.05) is 28.7 Å². The zero-order valence-corrected chi connectivity index (χ0v) is 12.2. The van der Waals surface area contributed by atoms with Gasteiger partial charge in [-0.2, -0.15) is 0 Å². The highest BCUT2D eigenvalue weighted by Gasteiger charge is 2.06. The van der Waals surface area contributed by atoms with Crippen molar-refractivity contribution in [2.75, 3.05) is 11.1 Å². The van der Waals surface area contributed by atoms with Gasteiger partial charge in [-0.3, -0.25) is 4.79 Å². The minimum Gasteiger partial charge on any atom is -0.399 e. The van der Waals surface area contributed by atoms with Gasteiger partial charge in [0.05, 0.1) is 5.69 Å². The molecule has 0 radical (unpaired) electrons. The maximum atomic E-state index is 11.3. The van der Waals surface area contributed by atoms with Gasteiger partial charge >= 0.3 is 0 Å². The first-order valence-corrected chi connectivity index (χ1v) is 6.98. The van der Waals surface area contributed by atoms with Gasteiger partial charge in [0.25, 0.3) is 0 Å². The van der Waals surface area contributed by atoms with Gasteiger partial charge in [-0.1, -0.05) is 18.2 Å². The zero-order valence-electron chi connectivity index (χ0n) is 12.2. The summed E-state index contributed by atoms with van der Waals surface area (Å²) in [7, 11) is 0. The molecule has 0 fully saturated rings. The second kappa shape index (κ2) is 6.15. The average molecular weight is 305 g/mol. The number of carbonyl (C=O) groups is 1. The van der Waals surface area contributed by atoms with Crippen molar-refractivity contribution in [3.63, 3.8) is 0 Å². The number of aromatic nitrogens is 2. The maximum Gasteiger partial charge on any atom is 0.248 e. The van der Waals surface area contributed by atoms with Gasteiger partial charge in [0.2, 0.25) is 11.9 Å². The van der Waals surface area contributed by atoms with E-state index in [0.717, 1.165) is 11.3 Å². The van der Waals surface area contributed by atoms with Crippen molar-refractivity contribution in [3.8, 4) is 11.3 Å². The molecule has 0 spiro atoms. The van der Waals surface area contributed by atoms with Crippen LogP contribution in [0, 0.1) is 0 Å². The summed E-state index contributed by atoms with van der Waals surface area (Å²) in [6, 6.07) is 16.1.